The van der Waals surface area contributed by atoms with Crippen LogP contribution in [0, 0.1) is 11.6 Å². The lowest BCUT2D eigenvalue weighted by molar-refractivity contribution is -0.113. The van der Waals surface area contributed by atoms with Crippen LogP contribution in [0.25, 0.3) is 5.69 Å². The Morgan fingerprint density at radius 3 is 2.66 bits per heavy atom. The van der Waals surface area contributed by atoms with Crippen molar-refractivity contribution in [3.63, 3.8) is 0 Å². The summed E-state index contributed by atoms with van der Waals surface area (Å²) >= 11 is 1.18. The second-order valence-corrected chi connectivity index (χ2v) is 8.24. The number of nitrogens with zero attached hydrogens (tertiary/aromatic N) is 4. The average molecular weight is 460 g/mol. The fourth-order valence-corrected chi connectivity index (χ4v) is 4.33. The SMILES string of the molecule is COc1ccccc1-n1c(SCC(=O)Nc2ccc(F)cc2F)nnc1N1CCCCC1. The topological polar surface area (TPSA) is 72.3 Å². The van der Waals surface area contributed by atoms with Crippen LogP contribution in [-0.2, 0) is 4.79 Å². The van der Waals surface area contributed by atoms with E-state index in [9.17, 15) is 13.6 Å². The predicted octanol–water partition coefficient (Wildman–Crippen LogP) is 4.28. The molecule has 0 saturated carbocycles. The zero-order valence-electron chi connectivity index (χ0n) is 17.6. The smallest absolute Gasteiger partial charge is 0.234 e. The number of carbonyl (C=O) groups excluding carboxylic acids is 1. The highest BCUT2D eigenvalue weighted by molar-refractivity contribution is 7.99. The first kappa shape index (κ1) is 22.1. The number of amides is 1. The van der Waals surface area contributed by atoms with Gasteiger partial charge in [-0.15, -0.1) is 10.2 Å². The van der Waals surface area contributed by atoms with Crippen LogP contribution in [0.1, 0.15) is 19.3 Å². The van der Waals surface area contributed by atoms with Crippen LogP contribution < -0.4 is 15.0 Å². The van der Waals surface area contributed by atoms with Crippen molar-refractivity contribution in [3.05, 3.63) is 54.1 Å². The molecule has 1 aliphatic rings. The third-order valence-corrected chi connectivity index (χ3v) is 6.05. The monoisotopic (exact) mass is 459 g/mol. The van der Waals surface area contributed by atoms with Gasteiger partial charge in [-0.1, -0.05) is 23.9 Å². The summed E-state index contributed by atoms with van der Waals surface area (Å²) in [5.74, 6) is -0.635. The van der Waals surface area contributed by atoms with E-state index >= 15 is 0 Å². The molecule has 3 aromatic rings. The molecule has 0 unspecified atom stereocenters. The van der Waals surface area contributed by atoms with Gasteiger partial charge in [-0.2, -0.15) is 0 Å². The minimum Gasteiger partial charge on any atom is -0.495 e. The molecule has 0 radical (unpaired) electrons. The highest BCUT2D eigenvalue weighted by atomic mass is 32.2. The number of para-hydroxylation sites is 2. The Balaban J connectivity index is 1.58. The maximum atomic E-state index is 13.8. The number of methoxy groups -OCH3 is 1. The number of benzene rings is 2. The number of ether oxygens (including phenoxy) is 1. The fourth-order valence-electron chi connectivity index (χ4n) is 3.59. The van der Waals surface area contributed by atoms with E-state index < -0.39 is 17.5 Å². The van der Waals surface area contributed by atoms with Gasteiger partial charge in [-0.3, -0.25) is 9.36 Å². The fraction of sp³-hybridized carbons (Fsp3) is 0.318. The molecule has 1 saturated heterocycles. The van der Waals surface area contributed by atoms with Gasteiger partial charge in [0.15, 0.2) is 5.16 Å². The molecule has 0 aliphatic carbocycles. The third kappa shape index (κ3) is 4.85. The van der Waals surface area contributed by atoms with Gasteiger partial charge in [0.05, 0.1) is 24.2 Å². The van der Waals surface area contributed by atoms with Gasteiger partial charge in [0.25, 0.3) is 0 Å². The Morgan fingerprint density at radius 2 is 1.91 bits per heavy atom. The first-order valence-corrected chi connectivity index (χ1v) is 11.3. The normalized spacial score (nSPS) is 13.8. The van der Waals surface area contributed by atoms with E-state index in [0.29, 0.717) is 16.9 Å². The highest BCUT2D eigenvalue weighted by Crippen LogP contribution is 2.32. The summed E-state index contributed by atoms with van der Waals surface area (Å²) in [5.41, 5.74) is 0.699. The summed E-state index contributed by atoms with van der Waals surface area (Å²) in [6.07, 6.45) is 3.33. The summed E-state index contributed by atoms with van der Waals surface area (Å²) < 4.78 is 34.4. The first-order valence-electron chi connectivity index (χ1n) is 10.3. The van der Waals surface area contributed by atoms with Gasteiger partial charge in [0.2, 0.25) is 11.9 Å². The number of nitrogens with one attached hydrogen (secondary N) is 1. The molecule has 0 atom stereocenters. The number of thioether (sulfide) groups is 1. The van der Waals surface area contributed by atoms with Crippen LogP contribution in [-0.4, -0.2) is 46.6 Å². The van der Waals surface area contributed by atoms with Crippen LogP contribution in [0.5, 0.6) is 5.75 Å². The van der Waals surface area contributed by atoms with E-state index in [2.05, 4.69) is 20.4 Å². The first-order chi connectivity index (χ1) is 15.6. The van der Waals surface area contributed by atoms with E-state index in [4.69, 9.17) is 4.74 Å². The van der Waals surface area contributed by atoms with Crippen LogP contribution in [0.15, 0.2) is 47.6 Å². The summed E-state index contributed by atoms with van der Waals surface area (Å²) in [6, 6.07) is 10.6. The van der Waals surface area contributed by atoms with Crippen LogP contribution >= 0.6 is 11.8 Å². The van der Waals surface area contributed by atoms with Crippen molar-refractivity contribution in [1.29, 1.82) is 0 Å². The number of carbonyl (C=O) groups is 1. The predicted molar refractivity (Wildman–Crippen MR) is 120 cm³/mol. The molecule has 10 heteroatoms. The molecule has 2 aromatic carbocycles. The quantitative estimate of drug-likeness (QED) is 0.532. The maximum Gasteiger partial charge on any atom is 0.234 e. The van der Waals surface area contributed by atoms with Gasteiger partial charge < -0.3 is 15.0 Å². The molecule has 1 aliphatic heterocycles. The lowest BCUT2D eigenvalue weighted by Crippen LogP contribution is -2.31. The van der Waals surface area contributed by atoms with Gasteiger partial charge >= 0.3 is 0 Å². The number of piperidine rings is 1. The molecule has 4 rings (SSSR count). The lowest BCUT2D eigenvalue weighted by Gasteiger charge is -2.28. The van der Waals surface area contributed by atoms with Gasteiger partial charge in [-0.05, 0) is 43.5 Å². The molecular formula is C22H23F2N5O2S. The summed E-state index contributed by atoms with van der Waals surface area (Å²) in [7, 11) is 1.60. The zero-order valence-corrected chi connectivity index (χ0v) is 18.4. The van der Waals surface area contributed by atoms with E-state index in [0.717, 1.165) is 43.8 Å². The van der Waals surface area contributed by atoms with Crippen molar-refractivity contribution in [2.45, 2.75) is 24.4 Å². The van der Waals surface area contributed by atoms with Crippen molar-refractivity contribution in [3.8, 4) is 11.4 Å². The Bertz CT molecular complexity index is 1100. The Morgan fingerprint density at radius 1 is 1.12 bits per heavy atom. The number of halogens is 2. The van der Waals surface area contributed by atoms with Gasteiger partial charge in [-0.25, -0.2) is 8.78 Å². The van der Waals surface area contributed by atoms with E-state index in [1.54, 1.807) is 7.11 Å². The van der Waals surface area contributed by atoms with Crippen LogP contribution in [0.3, 0.4) is 0 Å². The van der Waals surface area contributed by atoms with Crippen molar-refractivity contribution >= 4 is 29.3 Å². The standard InChI is InChI=1S/C22H23F2N5O2S/c1-31-19-8-4-3-7-18(19)29-21(28-11-5-2-6-12-28)26-27-22(29)32-14-20(30)25-17-10-9-15(23)13-16(17)24/h3-4,7-10,13H,2,5-6,11-12,14H2,1H3,(H,25,30). The van der Waals surface area contributed by atoms with Crippen LogP contribution in [0.4, 0.5) is 20.4 Å². The molecule has 0 bridgehead atoms. The number of rotatable bonds is 7. The molecule has 1 fully saturated rings. The molecule has 2 heterocycles. The second kappa shape index (κ2) is 9.99. The molecule has 32 heavy (non-hydrogen) atoms. The average Bonchev–Trinajstić information content (AvgIpc) is 3.24. The maximum absolute atomic E-state index is 13.8. The lowest BCUT2D eigenvalue weighted by atomic mass is 10.1. The molecular weight excluding hydrogens is 436 g/mol. The van der Waals surface area contributed by atoms with E-state index in [1.165, 1.54) is 24.2 Å². The van der Waals surface area contributed by atoms with E-state index in [1.807, 2.05) is 28.8 Å². The Labute approximate surface area is 188 Å². The number of aromatic nitrogens is 3. The molecule has 1 N–H and O–H groups in total. The highest BCUT2D eigenvalue weighted by Gasteiger charge is 2.24. The molecule has 1 amide bonds. The van der Waals surface area contributed by atoms with Crippen LogP contribution in [0.2, 0.25) is 0 Å². The molecule has 168 valence electrons. The Kier molecular flexibility index (Phi) is 6.89. The molecule has 1 aromatic heterocycles. The van der Waals surface area contributed by atoms with Crippen molar-refractivity contribution < 1.29 is 18.3 Å². The van der Waals surface area contributed by atoms with Crippen molar-refractivity contribution in [2.24, 2.45) is 0 Å². The second-order valence-electron chi connectivity index (χ2n) is 7.30. The molecule has 7 nitrogen and oxygen atoms in total. The largest absolute Gasteiger partial charge is 0.495 e. The molecule has 0 spiro atoms. The summed E-state index contributed by atoms with van der Waals surface area (Å²) in [4.78, 5) is 14.6. The summed E-state index contributed by atoms with van der Waals surface area (Å²) in [5, 5.41) is 11.7. The minimum absolute atomic E-state index is 0.0237. The zero-order chi connectivity index (χ0) is 22.5. The van der Waals surface area contributed by atoms with Gasteiger partial charge in [0, 0.05) is 19.2 Å². The third-order valence-electron chi connectivity index (χ3n) is 5.12. The van der Waals surface area contributed by atoms with E-state index in [-0.39, 0.29) is 11.4 Å². The number of anilines is 2. The summed E-state index contributed by atoms with van der Waals surface area (Å²) in [6.45, 7) is 1.75. The Hall–Kier alpha value is -3.14. The van der Waals surface area contributed by atoms with Crippen molar-refractivity contribution in [2.75, 3.05) is 36.2 Å². The van der Waals surface area contributed by atoms with Crippen molar-refractivity contribution in [1.82, 2.24) is 14.8 Å². The number of hydrogen-bond donors (Lipinski definition) is 1. The minimum atomic E-state index is -0.826. The number of hydrogen-bond acceptors (Lipinski definition) is 6. The van der Waals surface area contributed by atoms with Gasteiger partial charge in [0.1, 0.15) is 17.4 Å².